The number of rotatable bonds is 6. The number of phenols is 2. The molecule has 7 heteroatoms. The molecule has 20 heavy (non-hydrogen) atoms. The van der Waals surface area contributed by atoms with E-state index in [1.165, 1.54) is 6.07 Å². The Hall–Kier alpha value is -1.95. The van der Waals surface area contributed by atoms with E-state index in [-0.39, 0.29) is 17.0 Å². The fraction of sp³-hybridized carbons (Fsp3) is 0.385. The summed E-state index contributed by atoms with van der Waals surface area (Å²) in [6.07, 6.45) is 0.714. The molecule has 1 rings (SSSR count). The minimum Gasteiger partial charge on any atom is -0.504 e. The van der Waals surface area contributed by atoms with E-state index in [1.807, 2.05) is 0 Å². The molecular weight excluding hydrogens is 286 g/mol. The van der Waals surface area contributed by atoms with E-state index >= 15 is 0 Å². The number of halogens is 1. The minimum atomic E-state index is -0.799. The van der Waals surface area contributed by atoms with Gasteiger partial charge in [-0.2, -0.15) is 0 Å². The Morgan fingerprint density at radius 1 is 1.40 bits per heavy atom. The maximum atomic E-state index is 11.8. The van der Waals surface area contributed by atoms with Crippen molar-refractivity contribution in [2.75, 3.05) is 0 Å². The molecule has 1 aromatic rings. The lowest BCUT2D eigenvalue weighted by Crippen LogP contribution is -2.17. The Bertz CT molecular complexity index is 518. The van der Waals surface area contributed by atoms with E-state index in [2.05, 4.69) is 0 Å². The second-order valence-electron chi connectivity index (χ2n) is 4.40. The van der Waals surface area contributed by atoms with Crippen LogP contribution in [0.4, 0.5) is 0 Å². The first-order valence-electron chi connectivity index (χ1n) is 6.02. The molecular formula is C13H16ClNO5. The number of phenolic OH excluding ortho intramolecular Hbond substituents is 2. The summed E-state index contributed by atoms with van der Waals surface area (Å²) in [5.74, 6) is -2.29. The van der Waals surface area contributed by atoms with Crippen molar-refractivity contribution in [3.8, 4) is 11.5 Å². The number of carbonyl (C=O) groups is 2. The van der Waals surface area contributed by atoms with Gasteiger partial charge in [-0.1, -0.05) is 11.6 Å². The third-order valence-electron chi connectivity index (χ3n) is 2.62. The van der Waals surface area contributed by atoms with E-state index in [0.29, 0.717) is 12.8 Å². The van der Waals surface area contributed by atoms with E-state index in [9.17, 15) is 19.8 Å². The van der Waals surface area contributed by atoms with Crippen LogP contribution in [0.2, 0.25) is 5.02 Å². The van der Waals surface area contributed by atoms with Gasteiger partial charge in [0, 0.05) is 17.5 Å². The van der Waals surface area contributed by atoms with E-state index < -0.39 is 29.5 Å². The first kappa shape index (κ1) is 16.1. The summed E-state index contributed by atoms with van der Waals surface area (Å²) in [5.41, 5.74) is 4.79. The average Bonchev–Trinajstić information content (AvgIpc) is 2.32. The average molecular weight is 302 g/mol. The zero-order valence-corrected chi connectivity index (χ0v) is 11.7. The van der Waals surface area contributed by atoms with Gasteiger partial charge >= 0.3 is 5.97 Å². The normalized spacial score (nSPS) is 11.9. The number of carbonyl (C=O) groups excluding carboxylic acids is 2. The van der Waals surface area contributed by atoms with Gasteiger partial charge in [-0.25, -0.2) is 4.79 Å². The molecule has 1 amide bonds. The number of aromatic hydroxyl groups is 2. The van der Waals surface area contributed by atoms with Gasteiger partial charge in [-0.15, -0.1) is 0 Å². The van der Waals surface area contributed by atoms with Crippen LogP contribution in [0.1, 0.15) is 36.5 Å². The Kier molecular flexibility index (Phi) is 5.64. The number of primary amides is 1. The summed E-state index contributed by atoms with van der Waals surface area (Å²) in [5, 5.41) is 19.1. The molecule has 0 fully saturated rings. The molecule has 0 aliphatic carbocycles. The van der Waals surface area contributed by atoms with Crippen molar-refractivity contribution >= 4 is 23.5 Å². The molecule has 1 unspecified atom stereocenters. The van der Waals surface area contributed by atoms with E-state index in [0.717, 1.165) is 6.07 Å². The standard InChI is InChI=1S/C13H16ClNO5/c1-7(3-2-4-11(15)17)20-13(19)9-5-8(14)6-10(16)12(9)18/h5-7,16,18H,2-4H2,1H3,(H2,15,17). The zero-order chi connectivity index (χ0) is 15.3. The smallest absolute Gasteiger partial charge is 0.342 e. The zero-order valence-electron chi connectivity index (χ0n) is 10.9. The van der Waals surface area contributed by atoms with E-state index in [1.54, 1.807) is 6.92 Å². The third-order valence-corrected chi connectivity index (χ3v) is 2.83. The second kappa shape index (κ2) is 7.00. The SMILES string of the molecule is CC(CCCC(N)=O)OC(=O)c1cc(Cl)cc(O)c1O. The van der Waals surface area contributed by atoms with Crippen LogP contribution in [-0.2, 0) is 9.53 Å². The lowest BCUT2D eigenvalue weighted by atomic mass is 10.1. The lowest BCUT2D eigenvalue weighted by Gasteiger charge is -2.14. The van der Waals surface area contributed by atoms with Gasteiger partial charge in [0.15, 0.2) is 11.5 Å². The molecule has 0 aromatic heterocycles. The fourth-order valence-corrected chi connectivity index (χ4v) is 1.82. The maximum absolute atomic E-state index is 11.8. The van der Waals surface area contributed by atoms with Crippen LogP contribution in [0.5, 0.6) is 11.5 Å². The van der Waals surface area contributed by atoms with Gasteiger partial charge in [-0.05, 0) is 25.8 Å². The van der Waals surface area contributed by atoms with Crippen LogP contribution in [0, 0.1) is 0 Å². The predicted octanol–water partition coefficient (Wildman–Crippen LogP) is 1.95. The summed E-state index contributed by atoms with van der Waals surface area (Å²) in [6.45, 7) is 1.65. The molecule has 110 valence electrons. The molecule has 0 aliphatic rings. The maximum Gasteiger partial charge on any atom is 0.342 e. The topological polar surface area (TPSA) is 110 Å². The van der Waals surface area contributed by atoms with Crippen LogP contribution in [0.25, 0.3) is 0 Å². The molecule has 1 atom stereocenters. The van der Waals surface area contributed by atoms with Crippen LogP contribution < -0.4 is 5.73 Å². The van der Waals surface area contributed by atoms with Gasteiger partial charge in [0.2, 0.25) is 5.91 Å². The lowest BCUT2D eigenvalue weighted by molar-refractivity contribution is -0.118. The monoisotopic (exact) mass is 301 g/mol. The highest BCUT2D eigenvalue weighted by molar-refractivity contribution is 6.31. The first-order valence-corrected chi connectivity index (χ1v) is 6.39. The van der Waals surface area contributed by atoms with Crippen LogP contribution >= 0.6 is 11.6 Å². The number of esters is 1. The van der Waals surface area contributed by atoms with Gasteiger partial charge in [0.05, 0.1) is 6.10 Å². The van der Waals surface area contributed by atoms with Crippen molar-refractivity contribution in [2.45, 2.75) is 32.3 Å². The van der Waals surface area contributed by atoms with Crippen LogP contribution in [0.15, 0.2) is 12.1 Å². The van der Waals surface area contributed by atoms with Crippen molar-refractivity contribution in [3.05, 3.63) is 22.7 Å². The van der Waals surface area contributed by atoms with Crippen LogP contribution in [-0.4, -0.2) is 28.2 Å². The summed E-state index contributed by atoms with van der Waals surface area (Å²) < 4.78 is 5.09. The number of hydrogen-bond donors (Lipinski definition) is 3. The molecule has 1 aromatic carbocycles. The number of ether oxygens (including phenoxy) is 1. The summed E-state index contributed by atoms with van der Waals surface area (Å²) in [7, 11) is 0. The Labute approximate surface area is 121 Å². The Morgan fingerprint density at radius 3 is 2.65 bits per heavy atom. The highest BCUT2D eigenvalue weighted by atomic mass is 35.5. The molecule has 0 heterocycles. The fourth-order valence-electron chi connectivity index (χ4n) is 1.61. The third kappa shape index (κ3) is 4.62. The van der Waals surface area contributed by atoms with Crippen molar-refractivity contribution in [1.29, 1.82) is 0 Å². The van der Waals surface area contributed by atoms with Gasteiger partial charge in [0.25, 0.3) is 0 Å². The first-order chi connectivity index (χ1) is 9.31. The predicted molar refractivity (Wildman–Crippen MR) is 72.7 cm³/mol. The minimum absolute atomic E-state index is 0.105. The van der Waals surface area contributed by atoms with Crippen LogP contribution in [0.3, 0.4) is 0 Å². The van der Waals surface area contributed by atoms with E-state index in [4.69, 9.17) is 22.1 Å². The molecule has 0 spiro atoms. The summed E-state index contributed by atoms with van der Waals surface area (Å²) in [4.78, 5) is 22.4. The largest absolute Gasteiger partial charge is 0.504 e. The molecule has 6 nitrogen and oxygen atoms in total. The van der Waals surface area contributed by atoms with Crippen molar-refractivity contribution in [1.82, 2.24) is 0 Å². The number of amides is 1. The summed E-state index contributed by atoms with van der Waals surface area (Å²) >= 11 is 5.69. The molecule has 0 bridgehead atoms. The number of nitrogens with two attached hydrogens (primary N) is 1. The van der Waals surface area contributed by atoms with Gasteiger partial charge < -0.3 is 20.7 Å². The quantitative estimate of drug-likeness (QED) is 0.549. The van der Waals surface area contributed by atoms with Gasteiger partial charge in [0.1, 0.15) is 5.56 Å². The number of hydrogen-bond acceptors (Lipinski definition) is 5. The van der Waals surface area contributed by atoms with Crippen molar-refractivity contribution < 1.29 is 24.5 Å². The summed E-state index contributed by atoms with van der Waals surface area (Å²) in [6, 6.07) is 2.32. The second-order valence-corrected chi connectivity index (χ2v) is 4.83. The molecule has 0 aliphatic heterocycles. The number of benzene rings is 1. The molecule has 4 N–H and O–H groups in total. The Morgan fingerprint density at radius 2 is 2.05 bits per heavy atom. The van der Waals surface area contributed by atoms with Gasteiger partial charge in [-0.3, -0.25) is 4.79 Å². The van der Waals surface area contributed by atoms with Crippen molar-refractivity contribution in [2.24, 2.45) is 5.73 Å². The Balaban J connectivity index is 2.65. The highest BCUT2D eigenvalue weighted by Crippen LogP contribution is 2.33. The highest BCUT2D eigenvalue weighted by Gasteiger charge is 2.19. The molecule has 0 saturated heterocycles. The van der Waals surface area contributed by atoms with Crippen molar-refractivity contribution in [3.63, 3.8) is 0 Å². The molecule has 0 saturated carbocycles. The molecule has 0 radical (unpaired) electrons.